The molecule has 0 saturated carbocycles. The van der Waals surface area contributed by atoms with Crippen LogP contribution in [0.5, 0.6) is 0 Å². The first kappa shape index (κ1) is 21.0. The van der Waals surface area contributed by atoms with Crippen LogP contribution in [0, 0.1) is 0 Å². The Balaban J connectivity index is 1.21. The lowest BCUT2D eigenvalue weighted by atomic mass is 10.1. The van der Waals surface area contributed by atoms with Crippen LogP contribution in [-0.4, -0.2) is 71.6 Å². The highest BCUT2D eigenvalue weighted by molar-refractivity contribution is 6.09. The van der Waals surface area contributed by atoms with Gasteiger partial charge in [-0.2, -0.15) is 0 Å². The monoisotopic (exact) mass is 434 g/mol. The van der Waals surface area contributed by atoms with Crippen molar-refractivity contribution in [1.82, 2.24) is 14.4 Å². The van der Waals surface area contributed by atoms with Gasteiger partial charge in [0.25, 0.3) is 5.91 Å². The molecule has 1 N–H and O–H groups in total. The number of aryl methyl sites for hydroxylation is 1. The van der Waals surface area contributed by atoms with Crippen molar-refractivity contribution < 1.29 is 14.3 Å². The van der Waals surface area contributed by atoms with Crippen LogP contribution in [0.3, 0.4) is 0 Å². The summed E-state index contributed by atoms with van der Waals surface area (Å²) in [5.74, 6) is 0.0774. The summed E-state index contributed by atoms with van der Waals surface area (Å²) in [6.45, 7) is 6.76. The molecule has 2 aliphatic rings. The molecule has 0 aliphatic carbocycles. The topological polar surface area (TPSA) is 66.8 Å². The quantitative estimate of drug-likeness (QED) is 0.670. The van der Waals surface area contributed by atoms with Crippen molar-refractivity contribution in [1.29, 1.82) is 0 Å². The van der Waals surface area contributed by atoms with Crippen LogP contribution in [0.25, 0.3) is 21.8 Å². The maximum absolute atomic E-state index is 12.7. The Bertz CT molecular complexity index is 1140. The van der Waals surface area contributed by atoms with Crippen molar-refractivity contribution in [2.24, 2.45) is 0 Å². The van der Waals surface area contributed by atoms with Gasteiger partial charge in [0.2, 0.25) is 5.91 Å². The normalized spacial score (nSPS) is 19.7. The van der Waals surface area contributed by atoms with E-state index in [0.717, 1.165) is 30.5 Å². The fraction of sp³-hybridized carbons (Fsp3) is 0.440. The minimum absolute atomic E-state index is 0.0255. The molecule has 0 radical (unpaired) electrons. The highest BCUT2D eigenvalue weighted by Gasteiger charge is 2.30. The number of carbonyl (C=O) groups excluding carboxylic acids is 2. The number of rotatable bonds is 5. The molecule has 0 bridgehead atoms. The number of benzene rings is 2. The van der Waals surface area contributed by atoms with E-state index in [-0.39, 0.29) is 17.9 Å². The van der Waals surface area contributed by atoms with Crippen LogP contribution in [0.1, 0.15) is 19.8 Å². The van der Waals surface area contributed by atoms with Gasteiger partial charge in [-0.3, -0.25) is 14.5 Å². The fourth-order valence-electron chi connectivity index (χ4n) is 4.98. The first-order valence-corrected chi connectivity index (χ1v) is 11.6. The number of amides is 2. The molecule has 7 nitrogen and oxygen atoms in total. The van der Waals surface area contributed by atoms with Gasteiger partial charge in [-0.25, -0.2) is 0 Å². The number of piperazine rings is 1. The lowest BCUT2D eigenvalue weighted by Crippen LogP contribution is -2.52. The Morgan fingerprint density at radius 1 is 1.03 bits per heavy atom. The Labute approximate surface area is 187 Å². The van der Waals surface area contributed by atoms with E-state index in [2.05, 4.69) is 58.1 Å². The molecule has 2 saturated heterocycles. The molecule has 1 atom stereocenters. The minimum Gasteiger partial charge on any atom is -0.368 e. The van der Waals surface area contributed by atoms with Gasteiger partial charge in [0, 0.05) is 66.8 Å². The summed E-state index contributed by atoms with van der Waals surface area (Å²) in [6, 6.07) is 14.5. The second-order valence-electron chi connectivity index (χ2n) is 8.64. The SMILES string of the molecule is CCn1c2ccccc2c2cc(NC(=O)CN3CCN(C(=O)[C@@H]4CCCO4)CC3)ccc21. The molecule has 2 fully saturated rings. The average molecular weight is 435 g/mol. The van der Waals surface area contributed by atoms with Gasteiger partial charge in [-0.05, 0) is 44.0 Å². The van der Waals surface area contributed by atoms with Crippen molar-refractivity contribution in [2.45, 2.75) is 32.4 Å². The maximum atomic E-state index is 12.7. The largest absolute Gasteiger partial charge is 0.368 e. The molecule has 2 aliphatic heterocycles. The number of aromatic nitrogens is 1. The Kier molecular flexibility index (Phi) is 5.85. The predicted octanol–water partition coefficient (Wildman–Crippen LogP) is 3.08. The van der Waals surface area contributed by atoms with Crippen molar-refractivity contribution in [3.63, 3.8) is 0 Å². The van der Waals surface area contributed by atoms with Crippen LogP contribution < -0.4 is 5.32 Å². The first-order chi connectivity index (χ1) is 15.6. The van der Waals surface area contributed by atoms with Crippen LogP contribution in [0.4, 0.5) is 5.69 Å². The lowest BCUT2D eigenvalue weighted by molar-refractivity contribution is -0.142. The van der Waals surface area contributed by atoms with Gasteiger partial charge < -0.3 is 19.5 Å². The lowest BCUT2D eigenvalue weighted by Gasteiger charge is -2.35. The molecule has 5 rings (SSSR count). The number of carbonyl (C=O) groups is 2. The first-order valence-electron chi connectivity index (χ1n) is 11.6. The molecule has 32 heavy (non-hydrogen) atoms. The summed E-state index contributed by atoms with van der Waals surface area (Å²) in [6.07, 6.45) is 1.52. The summed E-state index contributed by atoms with van der Waals surface area (Å²) in [5, 5.41) is 5.42. The number of nitrogens with zero attached hydrogens (tertiary/aromatic N) is 3. The van der Waals surface area contributed by atoms with Crippen LogP contribution >= 0.6 is 0 Å². The van der Waals surface area contributed by atoms with E-state index in [0.29, 0.717) is 39.3 Å². The van der Waals surface area contributed by atoms with Crippen molar-refractivity contribution in [3.05, 3.63) is 42.5 Å². The summed E-state index contributed by atoms with van der Waals surface area (Å²) in [7, 11) is 0. The molecule has 0 spiro atoms. The van der Waals surface area contributed by atoms with Gasteiger partial charge in [0.05, 0.1) is 6.54 Å². The number of nitrogens with one attached hydrogen (secondary N) is 1. The molecule has 7 heteroatoms. The van der Waals surface area contributed by atoms with E-state index in [1.165, 1.54) is 16.4 Å². The van der Waals surface area contributed by atoms with Gasteiger partial charge in [-0.1, -0.05) is 18.2 Å². The van der Waals surface area contributed by atoms with Crippen LogP contribution in [0.2, 0.25) is 0 Å². The molecule has 2 aromatic carbocycles. The van der Waals surface area contributed by atoms with E-state index in [9.17, 15) is 9.59 Å². The number of para-hydroxylation sites is 1. The third-order valence-electron chi connectivity index (χ3n) is 6.63. The third kappa shape index (κ3) is 3.98. The van der Waals surface area contributed by atoms with E-state index < -0.39 is 0 Å². The molecule has 3 aromatic rings. The smallest absolute Gasteiger partial charge is 0.251 e. The minimum atomic E-state index is -0.265. The summed E-state index contributed by atoms with van der Waals surface area (Å²) in [5.41, 5.74) is 3.20. The molecular formula is C25H30N4O3. The van der Waals surface area contributed by atoms with Crippen molar-refractivity contribution in [2.75, 3.05) is 44.6 Å². The summed E-state index contributed by atoms with van der Waals surface area (Å²) in [4.78, 5) is 29.2. The molecule has 2 amide bonds. The van der Waals surface area contributed by atoms with E-state index in [4.69, 9.17) is 4.74 Å². The zero-order valence-electron chi connectivity index (χ0n) is 18.5. The third-order valence-corrected chi connectivity index (χ3v) is 6.63. The zero-order chi connectivity index (χ0) is 22.1. The highest BCUT2D eigenvalue weighted by atomic mass is 16.5. The van der Waals surface area contributed by atoms with Gasteiger partial charge in [0.1, 0.15) is 6.10 Å². The van der Waals surface area contributed by atoms with Crippen molar-refractivity contribution in [3.8, 4) is 0 Å². The van der Waals surface area contributed by atoms with Gasteiger partial charge in [0.15, 0.2) is 0 Å². The van der Waals surface area contributed by atoms with E-state index >= 15 is 0 Å². The van der Waals surface area contributed by atoms with Crippen LogP contribution in [0.15, 0.2) is 42.5 Å². The Morgan fingerprint density at radius 2 is 1.81 bits per heavy atom. The van der Waals surface area contributed by atoms with Gasteiger partial charge in [-0.15, -0.1) is 0 Å². The number of fused-ring (bicyclic) bond motifs is 3. The van der Waals surface area contributed by atoms with Crippen molar-refractivity contribution >= 4 is 39.3 Å². The average Bonchev–Trinajstić information content (AvgIpc) is 3.45. The molecule has 3 heterocycles. The summed E-state index contributed by atoms with van der Waals surface area (Å²) >= 11 is 0. The summed E-state index contributed by atoms with van der Waals surface area (Å²) < 4.78 is 7.82. The number of hydrogen-bond acceptors (Lipinski definition) is 4. The maximum Gasteiger partial charge on any atom is 0.251 e. The molecule has 168 valence electrons. The fourth-order valence-corrected chi connectivity index (χ4v) is 4.98. The molecule has 1 aromatic heterocycles. The number of ether oxygens (including phenoxy) is 1. The number of hydrogen-bond donors (Lipinski definition) is 1. The standard InChI is InChI=1S/C25H30N4O3/c1-2-29-21-7-4-3-6-19(21)20-16-18(9-10-22(20)29)26-24(30)17-27-11-13-28(14-12-27)25(31)23-8-5-15-32-23/h3-4,6-7,9-10,16,23H,2,5,8,11-15,17H2,1H3,(H,26,30)/t23-/m0/s1. The molecular weight excluding hydrogens is 404 g/mol. The Hall–Kier alpha value is -2.90. The Morgan fingerprint density at radius 3 is 2.56 bits per heavy atom. The van der Waals surface area contributed by atoms with E-state index in [1.807, 2.05) is 11.0 Å². The second kappa shape index (κ2) is 8.92. The van der Waals surface area contributed by atoms with E-state index in [1.54, 1.807) is 0 Å². The predicted molar refractivity (Wildman–Crippen MR) is 126 cm³/mol. The van der Waals surface area contributed by atoms with Gasteiger partial charge >= 0.3 is 0 Å². The van der Waals surface area contributed by atoms with Crippen LogP contribution in [-0.2, 0) is 20.9 Å². The zero-order valence-corrected chi connectivity index (χ0v) is 18.5. The second-order valence-corrected chi connectivity index (χ2v) is 8.64. The molecule has 0 unspecified atom stereocenters. The highest BCUT2D eigenvalue weighted by Crippen LogP contribution is 2.31. The number of anilines is 1.